The van der Waals surface area contributed by atoms with Gasteiger partial charge in [0.1, 0.15) is 17.7 Å². The predicted molar refractivity (Wildman–Crippen MR) is 137 cm³/mol. The number of carbonyl (C=O) groups excluding carboxylic acids is 2. The number of amides is 3. The molecule has 0 radical (unpaired) electrons. The van der Waals surface area contributed by atoms with Gasteiger partial charge in [-0.3, -0.25) is 10.1 Å². The van der Waals surface area contributed by atoms with Gasteiger partial charge in [0.05, 0.1) is 5.56 Å². The van der Waals surface area contributed by atoms with Gasteiger partial charge >= 0.3 is 12.0 Å². The number of urea groups is 1. The van der Waals surface area contributed by atoms with Gasteiger partial charge < -0.3 is 15.3 Å². The first-order valence-electron chi connectivity index (χ1n) is 11.9. The standard InChI is InChI=1S/C27H29N5O4/c1-16(2)21-15-29-24(12-17(21)3)31-27(36)32-11-5-8-22(32)25(33)30-23-10-9-20(14-28-23)18-6-4-7-19(13-18)26(34)35/h4,6-7,9-10,12-16,22H,5,8,11H2,1-3H3,(H,34,35)(H,28,30,33)(H,29,31,36)/t22-/m1/s1. The topological polar surface area (TPSA) is 125 Å². The molecule has 1 saturated heterocycles. The van der Waals surface area contributed by atoms with Gasteiger partial charge in [-0.2, -0.15) is 0 Å². The van der Waals surface area contributed by atoms with E-state index in [2.05, 4.69) is 34.4 Å². The minimum Gasteiger partial charge on any atom is -0.478 e. The molecule has 1 aliphatic heterocycles. The quantitative estimate of drug-likeness (QED) is 0.454. The molecule has 3 heterocycles. The number of carbonyl (C=O) groups is 3. The Morgan fingerprint density at radius 2 is 1.78 bits per heavy atom. The number of aromatic carboxylic acids is 1. The van der Waals surface area contributed by atoms with Crippen molar-refractivity contribution in [3.63, 3.8) is 0 Å². The highest BCUT2D eigenvalue weighted by Gasteiger charge is 2.34. The van der Waals surface area contributed by atoms with Gasteiger partial charge in [0, 0.05) is 24.5 Å². The van der Waals surface area contributed by atoms with E-state index in [1.807, 2.05) is 13.0 Å². The van der Waals surface area contributed by atoms with Crippen LogP contribution in [0.1, 0.15) is 54.1 Å². The number of hydrogen-bond donors (Lipinski definition) is 3. The van der Waals surface area contributed by atoms with Crippen molar-refractivity contribution in [2.75, 3.05) is 17.2 Å². The first kappa shape index (κ1) is 24.8. The Kier molecular flexibility index (Phi) is 7.28. The summed E-state index contributed by atoms with van der Waals surface area (Å²) in [5.41, 5.74) is 3.80. The molecule has 3 amide bonds. The van der Waals surface area contributed by atoms with Gasteiger partial charge in [-0.1, -0.05) is 26.0 Å². The first-order chi connectivity index (χ1) is 17.2. The molecule has 0 aliphatic carbocycles. The van der Waals surface area contributed by atoms with E-state index in [1.165, 1.54) is 11.0 Å². The molecule has 0 saturated carbocycles. The number of pyridine rings is 2. The molecular weight excluding hydrogens is 458 g/mol. The molecule has 36 heavy (non-hydrogen) atoms. The van der Waals surface area contributed by atoms with E-state index in [-0.39, 0.29) is 17.5 Å². The van der Waals surface area contributed by atoms with Gasteiger partial charge in [-0.25, -0.2) is 19.6 Å². The van der Waals surface area contributed by atoms with Crippen LogP contribution in [0.25, 0.3) is 11.1 Å². The highest BCUT2D eigenvalue weighted by Crippen LogP contribution is 2.24. The molecule has 3 N–H and O–H groups in total. The largest absolute Gasteiger partial charge is 0.478 e. The maximum absolute atomic E-state index is 13.0. The smallest absolute Gasteiger partial charge is 0.335 e. The van der Waals surface area contributed by atoms with Crippen LogP contribution in [0.3, 0.4) is 0 Å². The second-order valence-corrected chi connectivity index (χ2v) is 9.17. The SMILES string of the molecule is Cc1cc(NC(=O)N2CCC[C@@H]2C(=O)Nc2ccc(-c3cccc(C(=O)O)c3)cn2)ncc1C(C)C. The van der Waals surface area contributed by atoms with Crippen molar-refractivity contribution in [3.8, 4) is 11.1 Å². The Morgan fingerprint density at radius 1 is 1.00 bits per heavy atom. The number of benzene rings is 1. The molecule has 1 atom stereocenters. The van der Waals surface area contributed by atoms with Gasteiger partial charge in [-0.05, 0) is 72.7 Å². The van der Waals surface area contributed by atoms with Crippen LogP contribution >= 0.6 is 0 Å². The van der Waals surface area contributed by atoms with Gasteiger partial charge in [0.25, 0.3) is 0 Å². The van der Waals surface area contributed by atoms with Crippen molar-refractivity contribution < 1.29 is 19.5 Å². The van der Waals surface area contributed by atoms with E-state index >= 15 is 0 Å². The van der Waals surface area contributed by atoms with Gasteiger partial charge in [0.2, 0.25) is 5.91 Å². The minimum absolute atomic E-state index is 0.186. The monoisotopic (exact) mass is 487 g/mol. The zero-order valence-electron chi connectivity index (χ0n) is 20.5. The van der Waals surface area contributed by atoms with Crippen LogP contribution in [-0.2, 0) is 4.79 Å². The zero-order chi connectivity index (χ0) is 25.8. The molecule has 3 aromatic rings. The number of anilines is 2. The van der Waals surface area contributed by atoms with E-state index in [1.54, 1.807) is 42.7 Å². The normalized spacial score (nSPS) is 15.1. The van der Waals surface area contributed by atoms with Gasteiger partial charge in [-0.15, -0.1) is 0 Å². The summed E-state index contributed by atoms with van der Waals surface area (Å²) in [6.45, 7) is 6.64. The second-order valence-electron chi connectivity index (χ2n) is 9.17. The lowest BCUT2D eigenvalue weighted by Gasteiger charge is -2.24. The van der Waals surface area contributed by atoms with E-state index in [0.717, 1.165) is 23.1 Å². The molecule has 0 bridgehead atoms. The molecule has 9 heteroatoms. The van der Waals surface area contributed by atoms with E-state index in [4.69, 9.17) is 0 Å². The summed E-state index contributed by atoms with van der Waals surface area (Å²) in [7, 11) is 0. The number of likely N-dealkylation sites (tertiary alicyclic amines) is 1. The lowest BCUT2D eigenvalue weighted by Crippen LogP contribution is -2.45. The number of carboxylic acid groups (broad SMARTS) is 1. The average molecular weight is 488 g/mol. The summed E-state index contributed by atoms with van der Waals surface area (Å²) in [4.78, 5) is 47.3. The summed E-state index contributed by atoms with van der Waals surface area (Å²) in [5.74, 6) is -0.164. The molecule has 1 aliphatic rings. The molecule has 1 fully saturated rings. The van der Waals surface area contributed by atoms with Crippen molar-refractivity contribution in [1.29, 1.82) is 0 Å². The summed E-state index contributed by atoms with van der Waals surface area (Å²) < 4.78 is 0. The maximum atomic E-state index is 13.0. The van der Waals surface area contributed by atoms with Crippen LogP contribution in [0.15, 0.2) is 54.9 Å². The fraction of sp³-hybridized carbons (Fsp3) is 0.296. The third kappa shape index (κ3) is 5.51. The number of hydrogen-bond acceptors (Lipinski definition) is 5. The highest BCUT2D eigenvalue weighted by molar-refractivity contribution is 5.99. The van der Waals surface area contributed by atoms with Crippen molar-refractivity contribution in [2.24, 2.45) is 0 Å². The molecule has 4 rings (SSSR count). The average Bonchev–Trinajstić information content (AvgIpc) is 3.35. The summed E-state index contributed by atoms with van der Waals surface area (Å²) in [5, 5.41) is 14.8. The van der Waals surface area contributed by atoms with E-state index in [0.29, 0.717) is 36.1 Å². The Bertz CT molecular complexity index is 1290. The number of aromatic nitrogens is 2. The van der Waals surface area contributed by atoms with E-state index in [9.17, 15) is 19.5 Å². The predicted octanol–water partition coefficient (Wildman–Crippen LogP) is 4.91. The molecule has 186 valence electrons. The third-order valence-electron chi connectivity index (χ3n) is 6.28. The van der Waals surface area contributed by atoms with Crippen LogP contribution in [-0.4, -0.2) is 50.5 Å². The molecule has 9 nitrogen and oxygen atoms in total. The summed E-state index contributed by atoms with van der Waals surface area (Å²) in [6.07, 6.45) is 4.62. The second kappa shape index (κ2) is 10.6. The Balaban J connectivity index is 1.40. The number of nitrogens with zero attached hydrogens (tertiary/aromatic N) is 3. The zero-order valence-corrected chi connectivity index (χ0v) is 20.5. The molecule has 0 spiro atoms. The Hall–Kier alpha value is -4.27. The third-order valence-corrected chi connectivity index (χ3v) is 6.28. The van der Waals surface area contributed by atoms with Crippen molar-refractivity contribution in [1.82, 2.24) is 14.9 Å². The Labute approximate surface area is 209 Å². The van der Waals surface area contributed by atoms with Crippen LogP contribution in [0.4, 0.5) is 16.4 Å². The van der Waals surface area contributed by atoms with Crippen LogP contribution in [0, 0.1) is 6.92 Å². The Morgan fingerprint density at radius 3 is 2.44 bits per heavy atom. The number of nitrogens with one attached hydrogen (secondary N) is 2. The lowest BCUT2D eigenvalue weighted by atomic mass is 10.0. The number of carboxylic acids is 1. The van der Waals surface area contributed by atoms with Crippen molar-refractivity contribution in [3.05, 3.63) is 71.5 Å². The molecular formula is C27H29N5O4. The van der Waals surface area contributed by atoms with Crippen LogP contribution < -0.4 is 10.6 Å². The fourth-order valence-corrected chi connectivity index (χ4v) is 4.38. The van der Waals surface area contributed by atoms with E-state index < -0.39 is 12.0 Å². The first-order valence-corrected chi connectivity index (χ1v) is 11.9. The highest BCUT2D eigenvalue weighted by atomic mass is 16.4. The summed E-state index contributed by atoms with van der Waals surface area (Å²) in [6, 6.07) is 10.8. The lowest BCUT2D eigenvalue weighted by molar-refractivity contribution is -0.119. The molecule has 1 aromatic carbocycles. The molecule has 2 aromatic heterocycles. The number of aryl methyl sites for hydroxylation is 1. The number of rotatable bonds is 6. The summed E-state index contributed by atoms with van der Waals surface area (Å²) >= 11 is 0. The maximum Gasteiger partial charge on any atom is 0.335 e. The van der Waals surface area contributed by atoms with Gasteiger partial charge in [0.15, 0.2) is 0 Å². The minimum atomic E-state index is -1.00. The van der Waals surface area contributed by atoms with Crippen LogP contribution in [0.2, 0.25) is 0 Å². The fourth-order valence-electron chi connectivity index (χ4n) is 4.38. The van der Waals surface area contributed by atoms with Crippen LogP contribution in [0.5, 0.6) is 0 Å². The van der Waals surface area contributed by atoms with Crippen molar-refractivity contribution >= 4 is 29.5 Å². The molecule has 0 unspecified atom stereocenters. The van der Waals surface area contributed by atoms with Crippen molar-refractivity contribution in [2.45, 2.75) is 45.6 Å².